The highest BCUT2D eigenvalue weighted by atomic mass is 16.5. The third-order valence-corrected chi connectivity index (χ3v) is 3.26. The zero-order valence-corrected chi connectivity index (χ0v) is 12.1. The molecule has 0 saturated carbocycles. The average Bonchev–Trinajstić information content (AvgIpc) is 2.48. The molecule has 3 nitrogen and oxygen atoms in total. The fraction of sp³-hybridized carbons (Fsp3) is 0.235. The van der Waals surface area contributed by atoms with E-state index in [2.05, 4.69) is 0 Å². The molecule has 0 N–H and O–H groups in total. The van der Waals surface area contributed by atoms with E-state index in [4.69, 9.17) is 4.74 Å². The standard InChI is InChI=1S/C17H19NO2/c1-13-9-10-15(11-16(13)20-3)17(19)18(2)12-14-7-5-4-6-8-14/h4-11H,12H2,1-3H3. The SMILES string of the molecule is COc1cc(C(=O)N(C)Cc2ccccc2)ccc1C. The van der Waals surface area contributed by atoms with Crippen molar-refractivity contribution in [2.75, 3.05) is 14.2 Å². The van der Waals surface area contributed by atoms with Gasteiger partial charge in [-0.3, -0.25) is 4.79 Å². The summed E-state index contributed by atoms with van der Waals surface area (Å²) in [6.45, 7) is 2.55. The van der Waals surface area contributed by atoms with E-state index >= 15 is 0 Å². The van der Waals surface area contributed by atoms with Crippen molar-refractivity contribution in [3.05, 3.63) is 65.2 Å². The number of hydrogen-bond acceptors (Lipinski definition) is 2. The minimum Gasteiger partial charge on any atom is -0.496 e. The smallest absolute Gasteiger partial charge is 0.254 e. The van der Waals surface area contributed by atoms with Crippen molar-refractivity contribution < 1.29 is 9.53 Å². The maximum atomic E-state index is 12.4. The van der Waals surface area contributed by atoms with Crippen LogP contribution in [0.4, 0.5) is 0 Å². The zero-order valence-electron chi connectivity index (χ0n) is 12.1. The van der Waals surface area contributed by atoms with E-state index in [0.717, 1.165) is 16.9 Å². The summed E-state index contributed by atoms with van der Waals surface area (Å²) in [6, 6.07) is 15.5. The molecule has 0 aliphatic carbocycles. The summed E-state index contributed by atoms with van der Waals surface area (Å²) in [5.74, 6) is 0.733. The van der Waals surface area contributed by atoms with Crippen LogP contribution in [0.15, 0.2) is 48.5 Å². The lowest BCUT2D eigenvalue weighted by Gasteiger charge is -2.18. The van der Waals surface area contributed by atoms with Gasteiger partial charge in [-0.1, -0.05) is 36.4 Å². The second-order valence-electron chi connectivity index (χ2n) is 4.83. The molecule has 0 aromatic heterocycles. The van der Waals surface area contributed by atoms with Crippen molar-refractivity contribution in [1.82, 2.24) is 4.90 Å². The number of carbonyl (C=O) groups excluding carboxylic acids is 1. The molecule has 0 bridgehead atoms. The van der Waals surface area contributed by atoms with E-state index in [1.165, 1.54) is 0 Å². The second kappa shape index (κ2) is 6.24. The van der Waals surface area contributed by atoms with E-state index in [9.17, 15) is 4.79 Å². The van der Waals surface area contributed by atoms with Gasteiger partial charge in [-0.2, -0.15) is 0 Å². The zero-order chi connectivity index (χ0) is 14.5. The van der Waals surface area contributed by atoms with E-state index in [0.29, 0.717) is 12.1 Å². The molecule has 0 heterocycles. The molecule has 0 radical (unpaired) electrons. The van der Waals surface area contributed by atoms with Gasteiger partial charge in [0.25, 0.3) is 5.91 Å². The lowest BCUT2D eigenvalue weighted by molar-refractivity contribution is 0.0784. The number of carbonyl (C=O) groups is 1. The monoisotopic (exact) mass is 269 g/mol. The predicted octanol–water partition coefficient (Wildman–Crippen LogP) is 3.28. The Balaban J connectivity index is 2.14. The highest BCUT2D eigenvalue weighted by molar-refractivity contribution is 5.94. The molecular formula is C17H19NO2. The summed E-state index contributed by atoms with van der Waals surface area (Å²) in [4.78, 5) is 14.1. The first-order valence-electron chi connectivity index (χ1n) is 6.56. The first-order chi connectivity index (χ1) is 9.61. The molecule has 0 fully saturated rings. The van der Waals surface area contributed by atoms with Gasteiger partial charge in [0.2, 0.25) is 0 Å². The Bertz CT molecular complexity index is 593. The predicted molar refractivity (Wildman–Crippen MR) is 80.0 cm³/mol. The van der Waals surface area contributed by atoms with Crippen LogP contribution in [0.1, 0.15) is 21.5 Å². The fourth-order valence-electron chi connectivity index (χ4n) is 2.10. The molecule has 0 saturated heterocycles. The maximum absolute atomic E-state index is 12.4. The molecule has 20 heavy (non-hydrogen) atoms. The number of aryl methyl sites for hydroxylation is 1. The topological polar surface area (TPSA) is 29.5 Å². The molecule has 2 rings (SSSR count). The summed E-state index contributed by atoms with van der Waals surface area (Å²) in [6.07, 6.45) is 0. The minimum atomic E-state index is -0.00727. The summed E-state index contributed by atoms with van der Waals surface area (Å²) in [7, 11) is 3.42. The van der Waals surface area contributed by atoms with Crippen LogP contribution in [0.3, 0.4) is 0 Å². The van der Waals surface area contributed by atoms with Crippen LogP contribution < -0.4 is 4.74 Å². The molecule has 0 atom stereocenters. The summed E-state index contributed by atoms with van der Waals surface area (Å²) >= 11 is 0. The van der Waals surface area contributed by atoms with Gasteiger partial charge in [-0.15, -0.1) is 0 Å². The molecule has 0 unspecified atom stereocenters. The Morgan fingerprint density at radius 2 is 1.85 bits per heavy atom. The van der Waals surface area contributed by atoms with Crippen LogP contribution in [0, 0.1) is 6.92 Å². The van der Waals surface area contributed by atoms with Crippen LogP contribution in [-0.2, 0) is 6.54 Å². The van der Waals surface area contributed by atoms with Gasteiger partial charge in [0.15, 0.2) is 0 Å². The lowest BCUT2D eigenvalue weighted by atomic mass is 10.1. The highest BCUT2D eigenvalue weighted by Gasteiger charge is 2.13. The third kappa shape index (κ3) is 3.18. The Labute approximate surface area is 119 Å². The van der Waals surface area contributed by atoms with Gasteiger partial charge in [-0.25, -0.2) is 0 Å². The van der Waals surface area contributed by atoms with Crippen molar-refractivity contribution in [2.24, 2.45) is 0 Å². The number of rotatable bonds is 4. The molecule has 0 spiro atoms. The number of benzene rings is 2. The first kappa shape index (κ1) is 14.1. The summed E-state index contributed by atoms with van der Waals surface area (Å²) in [5, 5.41) is 0. The molecule has 1 amide bonds. The van der Waals surface area contributed by atoms with Crippen LogP contribution in [0.25, 0.3) is 0 Å². The van der Waals surface area contributed by atoms with E-state index in [1.54, 1.807) is 18.1 Å². The van der Waals surface area contributed by atoms with Gasteiger partial charge in [0, 0.05) is 19.2 Å². The normalized spacial score (nSPS) is 10.2. The lowest BCUT2D eigenvalue weighted by Crippen LogP contribution is -2.26. The van der Waals surface area contributed by atoms with Gasteiger partial charge in [0.1, 0.15) is 5.75 Å². The summed E-state index contributed by atoms with van der Waals surface area (Å²) in [5.41, 5.74) is 2.78. The number of ether oxygens (including phenoxy) is 1. The Morgan fingerprint density at radius 1 is 1.15 bits per heavy atom. The van der Waals surface area contributed by atoms with Crippen molar-refractivity contribution in [2.45, 2.75) is 13.5 Å². The van der Waals surface area contributed by atoms with E-state index in [1.807, 2.05) is 56.4 Å². The first-order valence-corrected chi connectivity index (χ1v) is 6.56. The van der Waals surface area contributed by atoms with Gasteiger partial charge < -0.3 is 9.64 Å². The average molecular weight is 269 g/mol. The van der Waals surface area contributed by atoms with Crippen LogP contribution in [0.2, 0.25) is 0 Å². The fourth-order valence-corrected chi connectivity index (χ4v) is 2.10. The Morgan fingerprint density at radius 3 is 2.50 bits per heavy atom. The second-order valence-corrected chi connectivity index (χ2v) is 4.83. The van der Waals surface area contributed by atoms with Crippen LogP contribution >= 0.6 is 0 Å². The van der Waals surface area contributed by atoms with Crippen molar-refractivity contribution in [3.8, 4) is 5.75 Å². The molecule has 2 aromatic rings. The minimum absolute atomic E-state index is 0.00727. The van der Waals surface area contributed by atoms with Crippen molar-refractivity contribution in [1.29, 1.82) is 0 Å². The number of methoxy groups -OCH3 is 1. The van der Waals surface area contributed by atoms with E-state index in [-0.39, 0.29) is 5.91 Å². The van der Waals surface area contributed by atoms with Gasteiger partial charge in [0.05, 0.1) is 7.11 Å². The van der Waals surface area contributed by atoms with Gasteiger partial charge >= 0.3 is 0 Å². The maximum Gasteiger partial charge on any atom is 0.254 e. The van der Waals surface area contributed by atoms with Gasteiger partial charge in [-0.05, 0) is 30.2 Å². The largest absolute Gasteiger partial charge is 0.496 e. The van der Waals surface area contributed by atoms with Crippen molar-refractivity contribution >= 4 is 5.91 Å². The van der Waals surface area contributed by atoms with Crippen LogP contribution in [-0.4, -0.2) is 25.0 Å². The number of hydrogen-bond donors (Lipinski definition) is 0. The Kier molecular flexibility index (Phi) is 4.41. The number of nitrogens with zero attached hydrogens (tertiary/aromatic N) is 1. The van der Waals surface area contributed by atoms with E-state index < -0.39 is 0 Å². The van der Waals surface area contributed by atoms with Crippen LogP contribution in [0.5, 0.6) is 5.75 Å². The molecular weight excluding hydrogens is 250 g/mol. The Hall–Kier alpha value is -2.29. The highest BCUT2D eigenvalue weighted by Crippen LogP contribution is 2.20. The quantitative estimate of drug-likeness (QED) is 0.852. The van der Waals surface area contributed by atoms with Crippen molar-refractivity contribution in [3.63, 3.8) is 0 Å². The number of amides is 1. The molecule has 0 aliphatic heterocycles. The third-order valence-electron chi connectivity index (χ3n) is 3.26. The molecule has 0 aliphatic rings. The molecule has 104 valence electrons. The summed E-state index contributed by atoms with van der Waals surface area (Å²) < 4.78 is 5.26. The molecule has 2 aromatic carbocycles. The molecule has 3 heteroatoms.